The molecule has 0 saturated carbocycles. The number of ether oxygens (including phenoxy) is 1. The van der Waals surface area contributed by atoms with Gasteiger partial charge in [-0.05, 0) is 30.5 Å². The van der Waals surface area contributed by atoms with E-state index >= 15 is 0 Å². The van der Waals surface area contributed by atoms with E-state index in [1.165, 1.54) is 6.33 Å². The van der Waals surface area contributed by atoms with Crippen molar-refractivity contribution in [2.45, 2.75) is 25.3 Å². The molecular formula is C17H16N4O4. The molecule has 128 valence electrons. The minimum atomic E-state index is -1.03. The predicted molar refractivity (Wildman–Crippen MR) is 87.2 cm³/mol. The Labute approximate surface area is 143 Å². The number of Topliss-reactive ketones (excluding diaryl/α,β-unsaturated/α-hetero) is 1. The molecule has 1 aromatic carbocycles. The highest BCUT2D eigenvalue weighted by atomic mass is 16.5. The lowest BCUT2D eigenvalue weighted by Crippen LogP contribution is -2.31. The molecule has 0 spiro atoms. The van der Waals surface area contributed by atoms with E-state index in [1.54, 1.807) is 16.8 Å². The van der Waals surface area contributed by atoms with Crippen molar-refractivity contribution in [2.24, 2.45) is 0 Å². The Kier molecular flexibility index (Phi) is 3.72. The van der Waals surface area contributed by atoms with Crippen LogP contribution in [0.5, 0.6) is 5.75 Å². The van der Waals surface area contributed by atoms with Crippen LogP contribution < -0.4 is 10.1 Å². The number of carbonyl (C=O) groups is 2. The van der Waals surface area contributed by atoms with Crippen LogP contribution in [-0.4, -0.2) is 38.2 Å². The molecule has 4 rings (SSSR count). The van der Waals surface area contributed by atoms with Gasteiger partial charge in [-0.3, -0.25) is 4.79 Å². The number of allylic oxidation sites excluding steroid dienone is 2. The highest BCUT2D eigenvalue weighted by Crippen LogP contribution is 2.39. The molecule has 2 heterocycles. The molecule has 2 aliphatic rings. The standard InChI is InChI=1S/C17H16N4O4/c22-13-3-1-2-12-15(13)16(21-17(20-12)18-9-19-21)10-4-6-11(7-5-10)25-8-14(23)24/h4-7,9,16H,1-3,8H2,(H,23,24)(H,18,19,20). The van der Waals surface area contributed by atoms with Crippen LogP contribution in [-0.2, 0) is 9.59 Å². The molecule has 8 nitrogen and oxygen atoms in total. The van der Waals surface area contributed by atoms with Crippen molar-refractivity contribution in [3.05, 3.63) is 47.4 Å². The lowest BCUT2D eigenvalue weighted by molar-refractivity contribution is -0.139. The SMILES string of the molecule is O=C(O)COc1ccc(C2C3=C(CCCC3=O)Nc3ncnn32)cc1. The summed E-state index contributed by atoms with van der Waals surface area (Å²) >= 11 is 0. The molecule has 0 saturated heterocycles. The maximum Gasteiger partial charge on any atom is 0.341 e. The van der Waals surface area contributed by atoms with Gasteiger partial charge >= 0.3 is 5.97 Å². The molecule has 1 atom stereocenters. The molecule has 25 heavy (non-hydrogen) atoms. The molecule has 2 N–H and O–H groups in total. The quantitative estimate of drug-likeness (QED) is 0.873. The van der Waals surface area contributed by atoms with Gasteiger partial charge in [-0.1, -0.05) is 12.1 Å². The van der Waals surface area contributed by atoms with E-state index < -0.39 is 12.6 Å². The molecule has 8 heteroatoms. The number of hydrogen-bond acceptors (Lipinski definition) is 6. The summed E-state index contributed by atoms with van der Waals surface area (Å²) in [6.07, 6.45) is 3.63. The van der Waals surface area contributed by atoms with E-state index in [0.29, 0.717) is 18.1 Å². The number of benzene rings is 1. The number of aliphatic carboxylic acids is 1. The van der Waals surface area contributed by atoms with Gasteiger partial charge in [0, 0.05) is 17.7 Å². The summed E-state index contributed by atoms with van der Waals surface area (Å²) in [5.41, 5.74) is 2.51. The molecule has 1 aromatic heterocycles. The van der Waals surface area contributed by atoms with Gasteiger partial charge in [0.05, 0.1) is 0 Å². The number of rotatable bonds is 4. The van der Waals surface area contributed by atoms with Crippen LogP contribution in [0.15, 0.2) is 41.9 Å². The number of nitrogens with zero attached hydrogens (tertiary/aromatic N) is 3. The summed E-state index contributed by atoms with van der Waals surface area (Å²) in [6.45, 7) is -0.395. The highest BCUT2D eigenvalue weighted by Gasteiger charge is 2.35. The summed E-state index contributed by atoms with van der Waals surface area (Å²) in [6, 6.07) is 6.71. The molecule has 0 bridgehead atoms. The van der Waals surface area contributed by atoms with Gasteiger partial charge in [0.2, 0.25) is 5.95 Å². The van der Waals surface area contributed by atoms with Gasteiger partial charge in [0.25, 0.3) is 0 Å². The van der Waals surface area contributed by atoms with Crippen molar-refractivity contribution < 1.29 is 19.4 Å². The van der Waals surface area contributed by atoms with Crippen molar-refractivity contribution in [2.75, 3.05) is 11.9 Å². The first-order valence-corrected chi connectivity index (χ1v) is 8.01. The molecule has 0 amide bonds. The Bertz CT molecular complexity index is 869. The summed E-state index contributed by atoms with van der Waals surface area (Å²) in [7, 11) is 0. The van der Waals surface area contributed by atoms with Gasteiger partial charge in [0.1, 0.15) is 18.1 Å². The number of fused-ring (bicyclic) bond motifs is 1. The van der Waals surface area contributed by atoms with Crippen LogP contribution in [0.1, 0.15) is 30.9 Å². The van der Waals surface area contributed by atoms with Crippen LogP contribution in [0.3, 0.4) is 0 Å². The Morgan fingerprint density at radius 2 is 2.12 bits per heavy atom. The number of nitrogens with one attached hydrogen (secondary N) is 1. The second-order valence-electron chi connectivity index (χ2n) is 5.98. The number of hydrogen-bond donors (Lipinski definition) is 2. The molecular weight excluding hydrogens is 324 g/mol. The molecule has 0 fully saturated rings. The second kappa shape index (κ2) is 6.04. The van der Waals surface area contributed by atoms with E-state index in [1.807, 2.05) is 12.1 Å². The average Bonchev–Trinajstić information content (AvgIpc) is 3.07. The van der Waals surface area contributed by atoms with E-state index in [2.05, 4.69) is 15.4 Å². The topological polar surface area (TPSA) is 106 Å². The smallest absolute Gasteiger partial charge is 0.341 e. The largest absolute Gasteiger partial charge is 0.482 e. The van der Waals surface area contributed by atoms with Crippen molar-refractivity contribution in [3.8, 4) is 5.75 Å². The van der Waals surface area contributed by atoms with Crippen molar-refractivity contribution in [1.82, 2.24) is 14.8 Å². The molecule has 1 aliphatic carbocycles. The Hall–Kier alpha value is -3.16. The summed E-state index contributed by atoms with van der Waals surface area (Å²) in [5, 5.41) is 16.2. The predicted octanol–water partition coefficient (Wildman–Crippen LogP) is 1.76. The fraction of sp³-hybridized carbons (Fsp3) is 0.294. The van der Waals surface area contributed by atoms with Crippen LogP contribution >= 0.6 is 0 Å². The zero-order valence-corrected chi connectivity index (χ0v) is 13.3. The molecule has 0 radical (unpaired) electrons. The fourth-order valence-electron chi connectivity index (χ4n) is 3.30. The Morgan fingerprint density at radius 1 is 1.32 bits per heavy atom. The number of aromatic nitrogens is 3. The number of carbonyl (C=O) groups excluding carboxylic acids is 1. The van der Waals surface area contributed by atoms with Crippen LogP contribution in [0, 0.1) is 0 Å². The van der Waals surface area contributed by atoms with Crippen LogP contribution in [0.4, 0.5) is 5.95 Å². The Morgan fingerprint density at radius 3 is 2.88 bits per heavy atom. The summed E-state index contributed by atoms with van der Waals surface area (Å²) in [4.78, 5) is 27.4. The van der Waals surface area contributed by atoms with E-state index in [0.717, 1.165) is 29.7 Å². The van der Waals surface area contributed by atoms with Crippen molar-refractivity contribution in [3.63, 3.8) is 0 Å². The van der Waals surface area contributed by atoms with Crippen LogP contribution in [0.25, 0.3) is 0 Å². The third-order valence-corrected chi connectivity index (χ3v) is 4.37. The van der Waals surface area contributed by atoms with E-state index in [4.69, 9.17) is 9.84 Å². The minimum absolute atomic E-state index is 0.117. The fourth-order valence-corrected chi connectivity index (χ4v) is 3.30. The van der Waals surface area contributed by atoms with Crippen molar-refractivity contribution in [1.29, 1.82) is 0 Å². The zero-order chi connectivity index (χ0) is 17.4. The second-order valence-corrected chi connectivity index (χ2v) is 5.98. The van der Waals surface area contributed by atoms with Gasteiger partial charge < -0.3 is 15.2 Å². The molecule has 1 aliphatic heterocycles. The maximum absolute atomic E-state index is 12.5. The summed E-state index contributed by atoms with van der Waals surface area (Å²) < 4.78 is 6.87. The normalized spacial score (nSPS) is 19.0. The van der Waals surface area contributed by atoms with Gasteiger partial charge in [0.15, 0.2) is 12.4 Å². The van der Waals surface area contributed by atoms with E-state index in [9.17, 15) is 9.59 Å². The third-order valence-electron chi connectivity index (χ3n) is 4.37. The lowest BCUT2D eigenvalue weighted by Gasteiger charge is -2.32. The zero-order valence-electron chi connectivity index (χ0n) is 13.3. The minimum Gasteiger partial charge on any atom is -0.482 e. The first kappa shape index (κ1) is 15.4. The number of anilines is 1. The first-order chi connectivity index (χ1) is 12.1. The van der Waals surface area contributed by atoms with Gasteiger partial charge in [-0.25, -0.2) is 9.48 Å². The highest BCUT2D eigenvalue weighted by molar-refractivity contribution is 5.99. The van der Waals surface area contributed by atoms with Crippen molar-refractivity contribution >= 4 is 17.7 Å². The van der Waals surface area contributed by atoms with E-state index in [-0.39, 0.29) is 11.8 Å². The number of carboxylic acids is 1. The van der Waals surface area contributed by atoms with Crippen LogP contribution in [0.2, 0.25) is 0 Å². The average molecular weight is 340 g/mol. The first-order valence-electron chi connectivity index (χ1n) is 8.01. The summed E-state index contributed by atoms with van der Waals surface area (Å²) in [5.74, 6) is 0.163. The van der Waals surface area contributed by atoms with Gasteiger partial charge in [-0.15, -0.1) is 0 Å². The molecule has 1 unspecified atom stereocenters. The lowest BCUT2D eigenvalue weighted by atomic mass is 9.85. The number of carboxylic acid groups (broad SMARTS) is 1. The Balaban J connectivity index is 1.71. The number of ketones is 1. The van der Waals surface area contributed by atoms with Gasteiger partial charge in [-0.2, -0.15) is 10.1 Å². The molecule has 2 aromatic rings. The maximum atomic E-state index is 12.5. The third kappa shape index (κ3) is 2.75. The monoisotopic (exact) mass is 340 g/mol.